The van der Waals surface area contributed by atoms with Crippen molar-refractivity contribution in [3.8, 4) is 0 Å². The molecule has 122 valence electrons. The van der Waals surface area contributed by atoms with E-state index in [1.54, 1.807) is 0 Å². The summed E-state index contributed by atoms with van der Waals surface area (Å²) in [5.74, 6) is 0.296. The highest BCUT2D eigenvalue weighted by Crippen LogP contribution is 2.18. The molecule has 0 aromatic carbocycles. The van der Waals surface area contributed by atoms with Gasteiger partial charge in [-0.15, -0.1) is 0 Å². The van der Waals surface area contributed by atoms with Crippen LogP contribution in [0.1, 0.15) is 39.5 Å². The second-order valence-electron chi connectivity index (χ2n) is 6.85. The Kier molecular flexibility index (Phi) is 6.02. The number of piperazine rings is 1. The van der Waals surface area contributed by atoms with E-state index < -0.39 is 0 Å². The quantitative estimate of drug-likeness (QED) is 0.831. The fourth-order valence-electron chi connectivity index (χ4n) is 3.58. The molecule has 0 saturated carbocycles. The van der Waals surface area contributed by atoms with Crippen molar-refractivity contribution in [2.24, 2.45) is 5.73 Å². The number of nitrogens with two attached hydrogens (primary N) is 1. The molecule has 3 atom stereocenters. The summed E-state index contributed by atoms with van der Waals surface area (Å²) in [6.07, 6.45) is 4.15. The number of hydrogen-bond acceptors (Lipinski definition) is 4. The van der Waals surface area contributed by atoms with Gasteiger partial charge in [-0.25, -0.2) is 0 Å². The molecule has 1 amide bonds. The van der Waals surface area contributed by atoms with Crippen LogP contribution in [0.3, 0.4) is 0 Å². The maximum absolute atomic E-state index is 12.5. The number of nitrogens with zero attached hydrogens (tertiary/aromatic N) is 3. The molecule has 0 aromatic heterocycles. The van der Waals surface area contributed by atoms with Gasteiger partial charge in [0.1, 0.15) is 0 Å². The average molecular weight is 296 g/mol. The van der Waals surface area contributed by atoms with Gasteiger partial charge in [0, 0.05) is 57.3 Å². The third-order valence-corrected chi connectivity index (χ3v) is 5.30. The largest absolute Gasteiger partial charge is 0.343 e. The molecule has 2 fully saturated rings. The minimum Gasteiger partial charge on any atom is -0.343 e. The summed E-state index contributed by atoms with van der Waals surface area (Å²) in [5, 5.41) is 0. The summed E-state index contributed by atoms with van der Waals surface area (Å²) >= 11 is 0. The Bertz CT molecular complexity index is 331. The highest BCUT2D eigenvalue weighted by molar-refractivity contribution is 5.77. The molecule has 2 N–H and O–H groups in total. The first-order valence-corrected chi connectivity index (χ1v) is 8.46. The van der Waals surface area contributed by atoms with Gasteiger partial charge >= 0.3 is 0 Å². The molecule has 3 unspecified atom stereocenters. The number of likely N-dealkylation sites (tertiary alicyclic amines) is 1. The zero-order chi connectivity index (χ0) is 15.4. The Balaban J connectivity index is 1.91. The van der Waals surface area contributed by atoms with Gasteiger partial charge in [-0.1, -0.05) is 0 Å². The SMILES string of the molecule is CC1CN(C(CN)CC(=O)N2CCCCC2)CC(C)N1C. The van der Waals surface area contributed by atoms with E-state index >= 15 is 0 Å². The maximum atomic E-state index is 12.5. The van der Waals surface area contributed by atoms with E-state index in [2.05, 4.69) is 30.7 Å². The number of carbonyl (C=O) groups excluding carboxylic acids is 1. The fourth-order valence-corrected chi connectivity index (χ4v) is 3.58. The second-order valence-corrected chi connectivity index (χ2v) is 6.85. The van der Waals surface area contributed by atoms with E-state index in [1.165, 1.54) is 6.42 Å². The fraction of sp³-hybridized carbons (Fsp3) is 0.938. The van der Waals surface area contributed by atoms with Crippen molar-refractivity contribution in [1.82, 2.24) is 14.7 Å². The van der Waals surface area contributed by atoms with Gasteiger partial charge in [0.05, 0.1) is 0 Å². The Morgan fingerprint density at radius 3 is 2.24 bits per heavy atom. The normalized spacial score (nSPS) is 30.4. The van der Waals surface area contributed by atoms with Gasteiger partial charge in [0.25, 0.3) is 0 Å². The molecular weight excluding hydrogens is 264 g/mol. The predicted molar refractivity (Wildman–Crippen MR) is 86.2 cm³/mol. The van der Waals surface area contributed by atoms with Gasteiger partial charge < -0.3 is 10.6 Å². The predicted octanol–water partition coefficient (Wildman–Crippen LogP) is 0.741. The molecular formula is C16H32N4O. The molecule has 0 spiro atoms. The molecule has 0 radical (unpaired) electrons. The van der Waals surface area contributed by atoms with Gasteiger partial charge in [-0.3, -0.25) is 14.6 Å². The summed E-state index contributed by atoms with van der Waals surface area (Å²) in [6.45, 7) is 8.97. The smallest absolute Gasteiger partial charge is 0.224 e. The topological polar surface area (TPSA) is 52.8 Å². The van der Waals surface area contributed by atoms with E-state index in [1.807, 2.05) is 4.90 Å². The molecule has 21 heavy (non-hydrogen) atoms. The average Bonchev–Trinajstić information content (AvgIpc) is 2.50. The third kappa shape index (κ3) is 4.18. The minimum atomic E-state index is 0.193. The summed E-state index contributed by atoms with van der Waals surface area (Å²) < 4.78 is 0. The van der Waals surface area contributed by atoms with Gasteiger partial charge in [0.15, 0.2) is 0 Å². The van der Waals surface area contributed by atoms with Gasteiger partial charge in [-0.2, -0.15) is 0 Å². The first kappa shape index (κ1) is 16.7. The summed E-state index contributed by atoms with van der Waals surface area (Å²) in [7, 11) is 2.18. The number of piperidine rings is 1. The van der Waals surface area contributed by atoms with Crippen LogP contribution in [0.15, 0.2) is 0 Å². The minimum absolute atomic E-state index is 0.193. The molecule has 2 saturated heterocycles. The van der Waals surface area contributed by atoms with E-state index in [0.717, 1.165) is 39.0 Å². The molecule has 5 nitrogen and oxygen atoms in total. The zero-order valence-electron chi connectivity index (χ0n) is 13.9. The van der Waals surface area contributed by atoms with Crippen LogP contribution in [-0.2, 0) is 4.79 Å². The van der Waals surface area contributed by atoms with Crippen molar-refractivity contribution in [2.45, 2.75) is 57.7 Å². The standard InChI is InChI=1S/C16H32N4O/c1-13-11-20(12-14(2)18(13)3)15(10-17)9-16(21)19-7-5-4-6-8-19/h13-15H,4-12,17H2,1-3H3. The molecule has 2 aliphatic rings. The lowest BCUT2D eigenvalue weighted by Crippen LogP contribution is -2.59. The number of carbonyl (C=O) groups is 1. The Morgan fingerprint density at radius 1 is 1.14 bits per heavy atom. The number of hydrogen-bond donors (Lipinski definition) is 1. The van der Waals surface area contributed by atoms with Crippen LogP contribution in [0.4, 0.5) is 0 Å². The molecule has 2 aliphatic heterocycles. The van der Waals surface area contributed by atoms with Crippen molar-refractivity contribution in [3.05, 3.63) is 0 Å². The highest BCUT2D eigenvalue weighted by Gasteiger charge is 2.32. The molecule has 2 heterocycles. The van der Waals surface area contributed by atoms with Crippen molar-refractivity contribution < 1.29 is 4.79 Å². The van der Waals surface area contributed by atoms with Crippen molar-refractivity contribution >= 4 is 5.91 Å². The molecule has 0 aliphatic carbocycles. The van der Waals surface area contributed by atoms with Crippen LogP contribution in [0, 0.1) is 0 Å². The van der Waals surface area contributed by atoms with Crippen LogP contribution in [-0.4, -0.2) is 78.5 Å². The Labute approximate surface area is 129 Å². The number of rotatable bonds is 4. The molecule has 0 aromatic rings. The first-order valence-electron chi connectivity index (χ1n) is 8.46. The van der Waals surface area contributed by atoms with E-state index in [9.17, 15) is 4.79 Å². The van der Waals surface area contributed by atoms with Crippen LogP contribution in [0.2, 0.25) is 0 Å². The van der Waals surface area contributed by atoms with Crippen molar-refractivity contribution in [2.75, 3.05) is 39.8 Å². The third-order valence-electron chi connectivity index (χ3n) is 5.30. The van der Waals surface area contributed by atoms with Crippen molar-refractivity contribution in [1.29, 1.82) is 0 Å². The molecule has 2 rings (SSSR count). The monoisotopic (exact) mass is 296 g/mol. The summed E-state index contributed by atoms with van der Waals surface area (Å²) in [5.41, 5.74) is 5.98. The van der Waals surface area contributed by atoms with E-state index in [0.29, 0.717) is 31.0 Å². The lowest BCUT2D eigenvalue weighted by atomic mass is 10.0. The van der Waals surface area contributed by atoms with E-state index in [-0.39, 0.29) is 6.04 Å². The van der Waals surface area contributed by atoms with Gasteiger partial charge in [0.2, 0.25) is 5.91 Å². The van der Waals surface area contributed by atoms with Crippen LogP contribution in [0.25, 0.3) is 0 Å². The second kappa shape index (κ2) is 7.56. The zero-order valence-corrected chi connectivity index (χ0v) is 13.9. The Hall–Kier alpha value is -0.650. The highest BCUT2D eigenvalue weighted by atomic mass is 16.2. The molecule has 5 heteroatoms. The number of amides is 1. The number of likely N-dealkylation sites (N-methyl/N-ethyl adjacent to an activating group) is 1. The first-order chi connectivity index (χ1) is 10.0. The van der Waals surface area contributed by atoms with E-state index in [4.69, 9.17) is 5.73 Å². The van der Waals surface area contributed by atoms with Crippen LogP contribution >= 0.6 is 0 Å². The summed E-state index contributed by atoms with van der Waals surface area (Å²) in [6, 6.07) is 1.24. The van der Waals surface area contributed by atoms with Crippen molar-refractivity contribution in [3.63, 3.8) is 0 Å². The lowest BCUT2D eigenvalue weighted by Gasteiger charge is -2.45. The van der Waals surface area contributed by atoms with Gasteiger partial charge in [-0.05, 0) is 40.2 Å². The van der Waals surface area contributed by atoms with Crippen LogP contribution < -0.4 is 5.73 Å². The maximum Gasteiger partial charge on any atom is 0.224 e. The lowest BCUT2D eigenvalue weighted by molar-refractivity contribution is -0.133. The Morgan fingerprint density at radius 2 is 1.71 bits per heavy atom. The van der Waals surface area contributed by atoms with Crippen LogP contribution in [0.5, 0.6) is 0 Å². The molecule has 0 bridgehead atoms. The summed E-state index contributed by atoms with van der Waals surface area (Å²) in [4.78, 5) is 19.3.